The van der Waals surface area contributed by atoms with Gasteiger partial charge in [0.15, 0.2) is 22.5 Å². The molecule has 0 saturated heterocycles. The van der Waals surface area contributed by atoms with Gasteiger partial charge in [-0.1, -0.05) is 35.3 Å². The summed E-state index contributed by atoms with van der Waals surface area (Å²) in [5.41, 5.74) is 27.9. The van der Waals surface area contributed by atoms with Crippen LogP contribution in [0.4, 0.5) is 11.6 Å². The molecule has 1 aromatic carbocycles. The number of carbonyl (C=O) groups is 1. The number of amides is 1. The number of rotatable bonds is 5. The standard InChI is InChI=1S/C16H20Cl2N10O/c17-9-5-3-8(4-6-9)2-1-7-23-15(21)26-16(22)28-27-14(29)10-12(19)25-13(20)11(18)24-10/h3-6H,1-2,7H2,(H,27,29)(H4,19,20,25)(H5,21,22,23,26,28). The SMILES string of the molecule is NC(=NCCCc1ccc(Cl)cc1)N=C(N)NNC(=O)c1nc(Cl)c(N)nc1N. The van der Waals surface area contributed by atoms with Crippen molar-refractivity contribution in [2.45, 2.75) is 12.8 Å². The van der Waals surface area contributed by atoms with Crippen LogP contribution in [0.3, 0.4) is 0 Å². The van der Waals surface area contributed by atoms with Crippen LogP contribution in [-0.4, -0.2) is 34.3 Å². The molecule has 1 heterocycles. The first-order valence-corrected chi connectivity index (χ1v) is 9.05. The number of anilines is 2. The van der Waals surface area contributed by atoms with Gasteiger partial charge >= 0.3 is 0 Å². The highest BCUT2D eigenvalue weighted by Crippen LogP contribution is 2.17. The Balaban J connectivity index is 1.82. The third kappa shape index (κ3) is 6.97. The Hall–Kier alpha value is -3.31. The van der Waals surface area contributed by atoms with E-state index >= 15 is 0 Å². The van der Waals surface area contributed by atoms with Crippen LogP contribution in [-0.2, 0) is 6.42 Å². The van der Waals surface area contributed by atoms with Crippen LogP contribution in [0.2, 0.25) is 10.2 Å². The molecular weight excluding hydrogens is 419 g/mol. The Labute approximate surface area is 176 Å². The number of nitrogen functional groups attached to an aromatic ring is 2. The molecule has 29 heavy (non-hydrogen) atoms. The van der Waals surface area contributed by atoms with Crippen LogP contribution in [0, 0.1) is 0 Å². The lowest BCUT2D eigenvalue weighted by molar-refractivity contribution is 0.0939. The zero-order valence-corrected chi connectivity index (χ0v) is 16.7. The summed E-state index contributed by atoms with van der Waals surface area (Å²) in [6, 6.07) is 7.56. The van der Waals surface area contributed by atoms with Gasteiger partial charge in [0.1, 0.15) is 0 Å². The maximum absolute atomic E-state index is 12.1. The number of aromatic nitrogens is 2. The minimum Gasteiger partial charge on any atom is -0.382 e. The van der Waals surface area contributed by atoms with Crippen molar-refractivity contribution in [2.75, 3.05) is 18.0 Å². The van der Waals surface area contributed by atoms with Crippen LogP contribution in [0.15, 0.2) is 34.3 Å². The van der Waals surface area contributed by atoms with Crippen molar-refractivity contribution in [3.63, 3.8) is 0 Å². The lowest BCUT2D eigenvalue weighted by atomic mass is 10.1. The maximum atomic E-state index is 12.1. The summed E-state index contributed by atoms with van der Waals surface area (Å²) in [6.45, 7) is 0.452. The van der Waals surface area contributed by atoms with Gasteiger partial charge in [0.25, 0.3) is 5.91 Å². The van der Waals surface area contributed by atoms with Gasteiger partial charge in [0.2, 0.25) is 11.9 Å². The van der Waals surface area contributed by atoms with E-state index in [-0.39, 0.29) is 34.4 Å². The Morgan fingerprint density at radius 1 is 1.03 bits per heavy atom. The molecule has 2 aromatic rings. The van der Waals surface area contributed by atoms with Gasteiger partial charge in [-0.15, -0.1) is 0 Å². The Bertz CT molecular complexity index is 930. The fourth-order valence-corrected chi connectivity index (χ4v) is 2.36. The Kier molecular flexibility index (Phi) is 7.80. The zero-order chi connectivity index (χ0) is 21.4. The van der Waals surface area contributed by atoms with Crippen molar-refractivity contribution >= 4 is 52.7 Å². The fourth-order valence-electron chi connectivity index (χ4n) is 2.10. The van der Waals surface area contributed by atoms with Gasteiger partial charge in [-0.2, -0.15) is 4.99 Å². The lowest BCUT2D eigenvalue weighted by Gasteiger charge is -2.09. The Morgan fingerprint density at radius 3 is 2.41 bits per heavy atom. The van der Waals surface area contributed by atoms with E-state index in [1.807, 2.05) is 24.3 Å². The number of benzene rings is 1. The van der Waals surface area contributed by atoms with E-state index in [0.717, 1.165) is 18.4 Å². The van der Waals surface area contributed by atoms with Gasteiger partial charge in [-0.3, -0.25) is 20.6 Å². The lowest BCUT2D eigenvalue weighted by Crippen LogP contribution is -2.46. The Morgan fingerprint density at radius 2 is 1.72 bits per heavy atom. The summed E-state index contributed by atoms with van der Waals surface area (Å²) < 4.78 is 0. The van der Waals surface area contributed by atoms with Gasteiger partial charge < -0.3 is 22.9 Å². The summed E-state index contributed by atoms with van der Waals surface area (Å²) in [5.74, 6) is -1.26. The normalized spacial score (nSPS) is 11.9. The van der Waals surface area contributed by atoms with Crippen molar-refractivity contribution in [1.82, 2.24) is 20.8 Å². The van der Waals surface area contributed by atoms with Gasteiger partial charge in [0.05, 0.1) is 0 Å². The first-order valence-electron chi connectivity index (χ1n) is 8.29. The third-order valence-electron chi connectivity index (χ3n) is 3.47. The van der Waals surface area contributed by atoms with Crippen LogP contribution in [0.1, 0.15) is 22.5 Å². The van der Waals surface area contributed by atoms with Gasteiger partial charge in [-0.25, -0.2) is 9.97 Å². The summed E-state index contributed by atoms with van der Waals surface area (Å²) in [5, 5.41) is 0.538. The third-order valence-corrected chi connectivity index (χ3v) is 4.00. The van der Waals surface area contributed by atoms with Crippen molar-refractivity contribution in [3.05, 3.63) is 45.7 Å². The molecule has 13 heteroatoms. The molecule has 0 aliphatic carbocycles. The molecule has 0 fully saturated rings. The first kappa shape index (κ1) is 22.0. The van der Waals surface area contributed by atoms with Crippen molar-refractivity contribution < 1.29 is 4.79 Å². The molecule has 0 saturated carbocycles. The first-order chi connectivity index (χ1) is 13.8. The summed E-state index contributed by atoms with van der Waals surface area (Å²) in [6.07, 6.45) is 1.58. The second-order valence-electron chi connectivity index (χ2n) is 5.68. The molecule has 0 radical (unpaired) electrons. The number of hydrazine groups is 1. The number of aliphatic imine (C=N–C) groups is 2. The predicted octanol–water partition coefficient (Wildman–Crippen LogP) is 0.444. The van der Waals surface area contributed by atoms with E-state index in [9.17, 15) is 4.79 Å². The molecular formula is C16H20Cl2N10O. The summed E-state index contributed by atoms with van der Waals surface area (Å²) in [7, 11) is 0. The molecule has 2 rings (SSSR count). The van der Waals surface area contributed by atoms with E-state index in [1.54, 1.807) is 0 Å². The largest absolute Gasteiger partial charge is 0.382 e. The number of hydrogen-bond donors (Lipinski definition) is 6. The average Bonchev–Trinajstić information content (AvgIpc) is 2.67. The van der Waals surface area contributed by atoms with Crippen molar-refractivity contribution in [1.29, 1.82) is 0 Å². The van der Waals surface area contributed by atoms with E-state index in [1.165, 1.54) is 0 Å². The second kappa shape index (κ2) is 10.3. The number of aryl methyl sites for hydroxylation is 1. The molecule has 0 bridgehead atoms. The van der Waals surface area contributed by atoms with Crippen molar-refractivity contribution in [3.8, 4) is 0 Å². The predicted molar refractivity (Wildman–Crippen MR) is 114 cm³/mol. The molecule has 11 nitrogen and oxygen atoms in total. The fraction of sp³-hybridized carbons (Fsp3) is 0.188. The molecule has 1 amide bonds. The van der Waals surface area contributed by atoms with Crippen LogP contribution in [0.5, 0.6) is 0 Å². The van der Waals surface area contributed by atoms with E-state index in [0.29, 0.717) is 11.6 Å². The zero-order valence-electron chi connectivity index (χ0n) is 15.2. The van der Waals surface area contributed by atoms with E-state index < -0.39 is 5.91 Å². The molecule has 0 spiro atoms. The van der Waals surface area contributed by atoms with Crippen LogP contribution in [0.25, 0.3) is 0 Å². The monoisotopic (exact) mass is 438 g/mol. The summed E-state index contributed by atoms with van der Waals surface area (Å²) in [4.78, 5) is 27.4. The highest BCUT2D eigenvalue weighted by Gasteiger charge is 2.15. The smallest absolute Gasteiger partial charge is 0.292 e. The number of nitrogens with one attached hydrogen (secondary N) is 2. The number of nitrogens with two attached hydrogens (primary N) is 4. The van der Waals surface area contributed by atoms with Gasteiger partial charge in [-0.05, 0) is 30.5 Å². The molecule has 154 valence electrons. The molecule has 0 aliphatic heterocycles. The number of carbonyl (C=O) groups excluding carboxylic acids is 1. The van der Waals surface area contributed by atoms with Crippen LogP contribution >= 0.6 is 23.2 Å². The van der Waals surface area contributed by atoms with E-state index in [2.05, 4.69) is 30.8 Å². The quantitative estimate of drug-likeness (QED) is 0.167. The number of nitrogens with zero attached hydrogens (tertiary/aromatic N) is 4. The summed E-state index contributed by atoms with van der Waals surface area (Å²) >= 11 is 11.6. The maximum Gasteiger partial charge on any atom is 0.292 e. The number of halogens is 2. The minimum absolute atomic E-state index is 0.0461. The second-order valence-corrected chi connectivity index (χ2v) is 6.47. The highest BCUT2D eigenvalue weighted by atomic mass is 35.5. The number of guanidine groups is 2. The molecule has 0 aliphatic rings. The van der Waals surface area contributed by atoms with Gasteiger partial charge in [0, 0.05) is 11.6 Å². The van der Waals surface area contributed by atoms with Crippen LogP contribution < -0.4 is 33.8 Å². The molecule has 10 N–H and O–H groups in total. The number of hydrogen-bond acceptors (Lipinski definition) is 6. The highest BCUT2D eigenvalue weighted by molar-refractivity contribution is 6.31. The molecule has 0 unspecified atom stereocenters. The van der Waals surface area contributed by atoms with E-state index in [4.69, 9.17) is 46.1 Å². The molecule has 1 aromatic heterocycles. The minimum atomic E-state index is -0.742. The average molecular weight is 439 g/mol. The van der Waals surface area contributed by atoms with Crippen molar-refractivity contribution in [2.24, 2.45) is 21.5 Å². The topological polar surface area (TPSA) is 196 Å². The molecule has 0 atom stereocenters.